The van der Waals surface area contributed by atoms with Crippen LogP contribution in [0.4, 0.5) is 11.8 Å². The fourth-order valence-electron chi connectivity index (χ4n) is 5.55. The Bertz CT molecular complexity index is 1900. The van der Waals surface area contributed by atoms with Gasteiger partial charge in [-0.1, -0.05) is 30.8 Å². The molecule has 0 aliphatic carbocycles. The molecule has 4 aromatic rings. The van der Waals surface area contributed by atoms with E-state index in [4.69, 9.17) is 30.0 Å². The molecular weight excluding hydrogens is 703 g/mol. The molecule has 0 radical (unpaired) electrons. The van der Waals surface area contributed by atoms with Crippen molar-refractivity contribution in [2.75, 3.05) is 77.5 Å². The van der Waals surface area contributed by atoms with E-state index < -0.39 is 11.8 Å². The maximum Gasteiger partial charge on any atom is 0.295 e. The molecule has 4 heterocycles. The van der Waals surface area contributed by atoms with Gasteiger partial charge in [-0.3, -0.25) is 24.6 Å². The number of likely N-dealkylation sites (N-methyl/N-ethyl adjacent to an activating group) is 1. The van der Waals surface area contributed by atoms with Crippen LogP contribution in [0.25, 0.3) is 11.0 Å². The standard InChI is InChI=1S/C34H41N9O6S.C2H6O/c1-4-25-30(49-22(2)38-25)33(46)40-34-39-26-17-24(31(36)45)18-27(48-13-7-9-42-11-14-47-15-12-42)29(26)43(34)10-6-5-8-41(3)32-28(50-21-35)16-23(20-44)19-37-32;1-3-2/h5-6,16-21,35H,4,7-15H2,1-3H3,(H2,36,45)(H,39,40,46);1-2H3/b6-5+,35-21?;. The van der Waals surface area contributed by atoms with Crippen LogP contribution < -0.4 is 20.7 Å². The highest BCUT2D eigenvalue weighted by atomic mass is 32.2. The number of hydrogen-bond donors (Lipinski definition) is 3. The number of morpholine rings is 1. The smallest absolute Gasteiger partial charge is 0.295 e. The van der Waals surface area contributed by atoms with E-state index in [1.165, 1.54) is 11.7 Å². The number of aryl methyl sites for hydroxylation is 2. The number of nitrogens with one attached hydrogen (secondary N) is 2. The van der Waals surface area contributed by atoms with Gasteiger partial charge in [0.25, 0.3) is 5.91 Å². The minimum atomic E-state index is -0.631. The van der Waals surface area contributed by atoms with Gasteiger partial charge in [0.15, 0.2) is 12.2 Å². The molecule has 0 spiro atoms. The lowest BCUT2D eigenvalue weighted by molar-refractivity contribution is 0.0358. The van der Waals surface area contributed by atoms with Gasteiger partial charge in [0.2, 0.25) is 17.6 Å². The third kappa shape index (κ3) is 11.0. The number of hydrogen-bond acceptors (Lipinski definition) is 14. The van der Waals surface area contributed by atoms with Gasteiger partial charge in [-0.05, 0) is 31.0 Å². The monoisotopic (exact) mass is 749 g/mol. The number of pyridine rings is 1. The van der Waals surface area contributed by atoms with Gasteiger partial charge in [0.1, 0.15) is 17.1 Å². The molecule has 3 aromatic heterocycles. The van der Waals surface area contributed by atoms with Gasteiger partial charge in [0.05, 0.1) is 41.5 Å². The number of carbonyl (C=O) groups is 3. The summed E-state index contributed by atoms with van der Waals surface area (Å²) in [5.41, 5.74) is 9.06. The Balaban J connectivity index is 0.00000202. The van der Waals surface area contributed by atoms with Crippen molar-refractivity contribution in [1.82, 2.24) is 24.4 Å². The molecule has 0 unspecified atom stereocenters. The predicted molar refractivity (Wildman–Crippen MR) is 204 cm³/mol. The Hall–Kier alpha value is -5.10. The zero-order chi connectivity index (χ0) is 38.3. The summed E-state index contributed by atoms with van der Waals surface area (Å²) in [5, 5.41) is 10.4. The van der Waals surface area contributed by atoms with Crippen LogP contribution in [0, 0.1) is 12.3 Å². The first kappa shape index (κ1) is 40.7. The number of ether oxygens (including phenoxy) is 3. The molecule has 17 heteroatoms. The second kappa shape index (κ2) is 20.2. The van der Waals surface area contributed by atoms with Crippen molar-refractivity contribution >= 4 is 58.2 Å². The maximum absolute atomic E-state index is 13.5. The van der Waals surface area contributed by atoms with E-state index >= 15 is 0 Å². The van der Waals surface area contributed by atoms with Gasteiger partial charge >= 0.3 is 0 Å². The summed E-state index contributed by atoms with van der Waals surface area (Å²) in [6.45, 7) is 8.65. The number of aldehydes is 1. The number of primary amides is 1. The van der Waals surface area contributed by atoms with Gasteiger partial charge < -0.3 is 39.2 Å². The molecule has 5 rings (SSSR count). The van der Waals surface area contributed by atoms with Crippen molar-refractivity contribution in [3.8, 4) is 5.75 Å². The van der Waals surface area contributed by atoms with E-state index in [1.54, 1.807) is 43.9 Å². The number of benzene rings is 1. The zero-order valence-corrected chi connectivity index (χ0v) is 31.5. The topological polar surface area (TPSA) is 204 Å². The lowest BCUT2D eigenvalue weighted by atomic mass is 10.1. The van der Waals surface area contributed by atoms with Gasteiger partial charge in [-0.15, -0.1) is 0 Å². The number of allylic oxidation sites excluding steroid dienone is 1. The van der Waals surface area contributed by atoms with Crippen LogP contribution in [-0.4, -0.2) is 115 Å². The van der Waals surface area contributed by atoms with Crippen LogP contribution in [0.15, 0.2) is 45.9 Å². The van der Waals surface area contributed by atoms with Crippen LogP contribution in [0.5, 0.6) is 5.75 Å². The average Bonchev–Trinajstić information content (AvgIpc) is 3.71. The molecule has 4 N–H and O–H groups in total. The summed E-state index contributed by atoms with van der Waals surface area (Å²) in [6, 6.07) is 4.88. The minimum Gasteiger partial charge on any atom is -0.491 e. The number of rotatable bonds is 17. The number of oxazole rings is 1. The van der Waals surface area contributed by atoms with E-state index in [9.17, 15) is 14.4 Å². The van der Waals surface area contributed by atoms with Gasteiger partial charge in [0, 0.05) is 78.2 Å². The number of anilines is 2. The first-order chi connectivity index (χ1) is 25.6. The van der Waals surface area contributed by atoms with Crippen molar-refractivity contribution in [3.63, 3.8) is 0 Å². The van der Waals surface area contributed by atoms with Crippen molar-refractivity contribution in [1.29, 1.82) is 5.41 Å². The SMILES string of the molecule is CCc1nc(C)oc1C(=O)Nc1nc2cc(C(N)=O)cc(OCCCN3CCOCC3)c2n1C/C=C/CN(C)c1ncc(C=O)cc1SC=N.COC. The number of thioether (sulfide) groups is 1. The average molecular weight is 750 g/mol. The quantitative estimate of drug-likeness (QED) is 0.0346. The van der Waals surface area contributed by atoms with Crippen LogP contribution >= 0.6 is 11.8 Å². The number of nitrogens with zero attached hydrogens (tertiary/aromatic N) is 6. The first-order valence-corrected chi connectivity index (χ1v) is 17.9. The van der Waals surface area contributed by atoms with E-state index in [1.807, 2.05) is 31.0 Å². The molecule has 1 aliphatic rings. The predicted octanol–water partition coefficient (Wildman–Crippen LogP) is 4.21. The molecule has 1 fully saturated rings. The summed E-state index contributed by atoms with van der Waals surface area (Å²) in [5.74, 6) is 0.591. The highest BCUT2D eigenvalue weighted by molar-refractivity contribution is 8.12. The number of amides is 2. The summed E-state index contributed by atoms with van der Waals surface area (Å²) in [6.07, 6.45) is 7.31. The van der Waals surface area contributed by atoms with E-state index in [0.717, 1.165) is 44.1 Å². The number of methoxy groups -OCH3 is 1. The Morgan fingerprint density at radius 2 is 1.92 bits per heavy atom. The first-order valence-electron chi connectivity index (χ1n) is 17.1. The van der Waals surface area contributed by atoms with Crippen molar-refractivity contribution in [2.45, 2.75) is 38.1 Å². The molecule has 284 valence electrons. The third-order valence-corrected chi connectivity index (χ3v) is 8.69. The molecule has 0 saturated carbocycles. The summed E-state index contributed by atoms with van der Waals surface area (Å²) >= 11 is 1.16. The van der Waals surface area contributed by atoms with Crippen molar-refractivity contribution in [2.24, 2.45) is 5.73 Å². The Labute approximate surface area is 312 Å². The molecule has 1 aromatic carbocycles. The summed E-state index contributed by atoms with van der Waals surface area (Å²) < 4.78 is 23.4. The van der Waals surface area contributed by atoms with Crippen LogP contribution in [0.3, 0.4) is 0 Å². The number of aromatic nitrogens is 4. The lowest BCUT2D eigenvalue weighted by Crippen LogP contribution is -2.37. The van der Waals surface area contributed by atoms with E-state index in [2.05, 4.69) is 24.9 Å². The Morgan fingerprint density at radius 1 is 1.17 bits per heavy atom. The molecule has 0 atom stereocenters. The fourth-order valence-corrected chi connectivity index (χ4v) is 6.19. The zero-order valence-electron chi connectivity index (χ0n) is 30.7. The van der Waals surface area contributed by atoms with Crippen LogP contribution in [0.2, 0.25) is 0 Å². The number of carbonyl (C=O) groups excluding carboxylic acids is 3. The van der Waals surface area contributed by atoms with Crippen molar-refractivity contribution < 1.29 is 33.0 Å². The molecule has 1 aliphatic heterocycles. The molecule has 1 saturated heterocycles. The van der Waals surface area contributed by atoms with Crippen LogP contribution in [-0.2, 0) is 22.4 Å². The molecule has 53 heavy (non-hydrogen) atoms. The third-order valence-electron chi connectivity index (χ3n) is 8.01. The summed E-state index contributed by atoms with van der Waals surface area (Å²) in [4.78, 5) is 55.4. The van der Waals surface area contributed by atoms with E-state index in [0.29, 0.717) is 77.4 Å². The summed E-state index contributed by atoms with van der Waals surface area (Å²) in [7, 11) is 5.11. The van der Waals surface area contributed by atoms with Gasteiger partial charge in [-0.25, -0.2) is 15.0 Å². The number of fused-ring (bicyclic) bond motifs is 1. The Morgan fingerprint density at radius 3 is 2.60 bits per heavy atom. The van der Waals surface area contributed by atoms with E-state index in [-0.39, 0.29) is 23.8 Å². The molecular formula is C36H47N9O7S. The number of imidazole rings is 1. The molecule has 2 amide bonds. The Kier molecular flexibility index (Phi) is 15.5. The highest BCUT2D eigenvalue weighted by Crippen LogP contribution is 2.32. The van der Waals surface area contributed by atoms with Crippen LogP contribution in [0.1, 0.15) is 56.2 Å². The second-order valence-electron chi connectivity index (χ2n) is 11.9. The number of nitrogens with two attached hydrogens (primary N) is 1. The molecule has 16 nitrogen and oxygen atoms in total. The largest absolute Gasteiger partial charge is 0.491 e. The normalized spacial score (nSPS) is 13.1. The highest BCUT2D eigenvalue weighted by Gasteiger charge is 2.23. The van der Waals surface area contributed by atoms with Gasteiger partial charge in [-0.2, -0.15) is 0 Å². The second-order valence-corrected chi connectivity index (χ2v) is 12.8. The lowest BCUT2D eigenvalue weighted by Gasteiger charge is -2.26. The fraction of sp³-hybridized carbons (Fsp3) is 0.417. The maximum atomic E-state index is 13.5. The minimum absolute atomic E-state index is 0.102. The van der Waals surface area contributed by atoms with Crippen molar-refractivity contribution in [3.05, 3.63) is 65.0 Å². The molecule has 0 bridgehead atoms.